The molecule has 1 aliphatic rings. The minimum absolute atomic E-state index is 0.243. The number of Topliss-reactive ketones (excluding diaryl/α,β-unsaturated/α-hetero) is 1. The van der Waals surface area contributed by atoms with E-state index >= 15 is 0 Å². The molecule has 1 aliphatic heterocycles. The van der Waals surface area contributed by atoms with Crippen LogP contribution in [0.1, 0.15) is 36.5 Å². The van der Waals surface area contributed by atoms with E-state index in [4.69, 9.17) is 14.2 Å². The summed E-state index contributed by atoms with van der Waals surface area (Å²) in [6.07, 6.45) is 1.66. The Morgan fingerprint density at radius 1 is 1.06 bits per heavy atom. The maximum absolute atomic E-state index is 11.5. The molecule has 186 valence electrons. The molecule has 0 radical (unpaired) electrons. The standard InChI is InChI=1S/C30H32N2O4/c1-21(33)14-22-12-13-32(18-22)19-28-29(34-2)15-25(16-30(28)35-3)36-20-24-10-7-11-26(27(24)17-31)23-8-5-4-6-9-23/h4-11,15-16,22H,12-14,18-20H2,1-3H3/t22-/m1/s1. The summed E-state index contributed by atoms with van der Waals surface area (Å²) >= 11 is 0. The number of nitriles is 1. The lowest BCUT2D eigenvalue weighted by Gasteiger charge is -2.21. The van der Waals surface area contributed by atoms with Crippen molar-refractivity contribution in [3.63, 3.8) is 0 Å². The van der Waals surface area contributed by atoms with Crippen LogP contribution >= 0.6 is 0 Å². The monoisotopic (exact) mass is 484 g/mol. The summed E-state index contributed by atoms with van der Waals surface area (Å²) in [5, 5.41) is 9.89. The van der Waals surface area contributed by atoms with E-state index in [1.165, 1.54) is 0 Å². The first-order valence-electron chi connectivity index (χ1n) is 12.2. The first kappa shape index (κ1) is 25.3. The number of methoxy groups -OCH3 is 2. The second-order valence-electron chi connectivity index (χ2n) is 9.21. The highest BCUT2D eigenvalue weighted by molar-refractivity contribution is 5.75. The molecule has 0 saturated carbocycles. The van der Waals surface area contributed by atoms with Crippen LogP contribution in [0, 0.1) is 17.2 Å². The minimum Gasteiger partial charge on any atom is -0.496 e. The fourth-order valence-electron chi connectivity index (χ4n) is 4.92. The number of rotatable bonds is 10. The number of hydrogen-bond donors (Lipinski definition) is 0. The molecule has 0 bridgehead atoms. The molecular weight excluding hydrogens is 452 g/mol. The smallest absolute Gasteiger partial charge is 0.130 e. The first-order valence-corrected chi connectivity index (χ1v) is 12.2. The van der Waals surface area contributed by atoms with Crippen molar-refractivity contribution < 1.29 is 19.0 Å². The molecule has 0 amide bonds. The Morgan fingerprint density at radius 3 is 2.42 bits per heavy atom. The van der Waals surface area contributed by atoms with Crippen molar-refractivity contribution >= 4 is 5.78 Å². The number of hydrogen-bond acceptors (Lipinski definition) is 6. The molecule has 1 fully saturated rings. The number of likely N-dealkylation sites (tertiary alicyclic amines) is 1. The highest BCUT2D eigenvalue weighted by Gasteiger charge is 2.26. The van der Waals surface area contributed by atoms with E-state index in [0.29, 0.717) is 41.7 Å². The van der Waals surface area contributed by atoms with Crippen molar-refractivity contribution in [1.29, 1.82) is 5.26 Å². The third-order valence-electron chi connectivity index (χ3n) is 6.65. The van der Waals surface area contributed by atoms with E-state index in [0.717, 1.165) is 41.8 Å². The molecule has 4 rings (SSSR count). The number of carbonyl (C=O) groups is 1. The van der Waals surface area contributed by atoms with Crippen molar-refractivity contribution in [3.8, 4) is 34.4 Å². The molecule has 0 unspecified atom stereocenters. The summed E-state index contributed by atoms with van der Waals surface area (Å²) in [6.45, 7) is 4.41. The first-order chi connectivity index (χ1) is 17.5. The summed E-state index contributed by atoms with van der Waals surface area (Å²) in [6, 6.07) is 21.8. The highest BCUT2D eigenvalue weighted by atomic mass is 16.5. The van der Waals surface area contributed by atoms with Gasteiger partial charge in [0.1, 0.15) is 35.7 Å². The predicted molar refractivity (Wildman–Crippen MR) is 139 cm³/mol. The number of carbonyl (C=O) groups excluding carboxylic acids is 1. The van der Waals surface area contributed by atoms with Crippen LogP contribution in [0.2, 0.25) is 0 Å². The molecule has 1 saturated heterocycles. The van der Waals surface area contributed by atoms with Crippen LogP contribution in [0.25, 0.3) is 11.1 Å². The normalized spacial score (nSPS) is 15.3. The van der Waals surface area contributed by atoms with Gasteiger partial charge in [-0.25, -0.2) is 0 Å². The van der Waals surface area contributed by atoms with Crippen LogP contribution in [0.3, 0.4) is 0 Å². The van der Waals surface area contributed by atoms with Crippen LogP contribution in [-0.4, -0.2) is 38.0 Å². The summed E-state index contributed by atoms with van der Waals surface area (Å²) in [5.41, 5.74) is 4.26. The average molecular weight is 485 g/mol. The second kappa shape index (κ2) is 11.7. The third kappa shape index (κ3) is 5.87. The molecule has 6 nitrogen and oxygen atoms in total. The zero-order valence-corrected chi connectivity index (χ0v) is 21.1. The molecule has 0 N–H and O–H groups in total. The second-order valence-corrected chi connectivity index (χ2v) is 9.21. The van der Waals surface area contributed by atoms with Crippen molar-refractivity contribution in [2.24, 2.45) is 5.92 Å². The topological polar surface area (TPSA) is 71.8 Å². The SMILES string of the molecule is COc1cc(OCc2cccc(-c3ccccc3)c2C#N)cc(OC)c1CN1CC[C@H](CC(C)=O)C1. The zero-order chi connectivity index (χ0) is 25.5. The quantitative estimate of drug-likeness (QED) is 0.372. The predicted octanol–water partition coefficient (Wildman–Crippen LogP) is 5.62. The van der Waals surface area contributed by atoms with Crippen LogP contribution in [0.4, 0.5) is 0 Å². The van der Waals surface area contributed by atoms with Crippen LogP contribution in [-0.2, 0) is 17.9 Å². The largest absolute Gasteiger partial charge is 0.496 e. The molecule has 36 heavy (non-hydrogen) atoms. The van der Waals surface area contributed by atoms with Gasteiger partial charge in [-0.1, -0.05) is 48.5 Å². The van der Waals surface area contributed by atoms with Gasteiger partial charge in [0.25, 0.3) is 0 Å². The van der Waals surface area contributed by atoms with Crippen molar-refractivity contribution in [2.45, 2.75) is 32.9 Å². The van der Waals surface area contributed by atoms with Gasteiger partial charge in [-0.05, 0) is 36.9 Å². The Hall–Kier alpha value is -3.82. The van der Waals surface area contributed by atoms with Crippen molar-refractivity contribution in [1.82, 2.24) is 4.90 Å². The summed E-state index contributed by atoms with van der Waals surface area (Å²) in [7, 11) is 3.28. The van der Waals surface area contributed by atoms with E-state index in [1.807, 2.05) is 60.7 Å². The Labute approximate surface area is 213 Å². The van der Waals surface area contributed by atoms with Gasteiger partial charge in [0.05, 0.1) is 25.3 Å². The van der Waals surface area contributed by atoms with Gasteiger partial charge in [-0.15, -0.1) is 0 Å². The molecule has 3 aromatic carbocycles. The highest BCUT2D eigenvalue weighted by Crippen LogP contribution is 2.37. The lowest BCUT2D eigenvalue weighted by Crippen LogP contribution is -2.21. The van der Waals surface area contributed by atoms with Crippen molar-refractivity contribution in [2.75, 3.05) is 27.3 Å². The van der Waals surface area contributed by atoms with Gasteiger partial charge in [-0.2, -0.15) is 5.26 Å². The Balaban J connectivity index is 1.52. The maximum Gasteiger partial charge on any atom is 0.130 e. The van der Waals surface area contributed by atoms with Crippen molar-refractivity contribution in [3.05, 3.63) is 77.4 Å². The van der Waals surface area contributed by atoms with Crippen LogP contribution in [0.5, 0.6) is 17.2 Å². The van der Waals surface area contributed by atoms with Gasteiger partial charge in [0, 0.05) is 37.2 Å². The van der Waals surface area contributed by atoms with E-state index < -0.39 is 0 Å². The number of ether oxygens (including phenoxy) is 3. The maximum atomic E-state index is 11.5. The molecular formula is C30H32N2O4. The average Bonchev–Trinajstić information content (AvgIpc) is 3.33. The molecule has 3 aromatic rings. The van der Waals surface area contributed by atoms with E-state index in [9.17, 15) is 10.1 Å². The van der Waals surface area contributed by atoms with Gasteiger partial charge in [-0.3, -0.25) is 4.90 Å². The van der Waals surface area contributed by atoms with E-state index in [1.54, 1.807) is 21.1 Å². The Bertz CT molecular complexity index is 1220. The van der Waals surface area contributed by atoms with Crippen LogP contribution < -0.4 is 14.2 Å². The van der Waals surface area contributed by atoms with Gasteiger partial charge in [0.15, 0.2) is 0 Å². The zero-order valence-electron chi connectivity index (χ0n) is 21.1. The Kier molecular flexibility index (Phi) is 8.24. The summed E-state index contributed by atoms with van der Waals surface area (Å²) in [5.74, 6) is 2.64. The number of ketones is 1. The molecule has 0 spiro atoms. The van der Waals surface area contributed by atoms with Gasteiger partial charge < -0.3 is 19.0 Å². The fraction of sp³-hybridized carbons (Fsp3) is 0.333. The molecule has 0 aromatic heterocycles. The molecule has 0 aliphatic carbocycles. The lowest BCUT2D eigenvalue weighted by atomic mass is 9.96. The molecule has 1 heterocycles. The van der Waals surface area contributed by atoms with Gasteiger partial charge in [0.2, 0.25) is 0 Å². The molecule has 1 atom stereocenters. The van der Waals surface area contributed by atoms with E-state index in [2.05, 4.69) is 11.0 Å². The summed E-state index contributed by atoms with van der Waals surface area (Å²) in [4.78, 5) is 13.8. The van der Waals surface area contributed by atoms with E-state index in [-0.39, 0.29) is 12.4 Å². The minimum atomic E-state index is 0.243. The Morgan fingerprint density at radius 2 is 1.78 bits per heavy atom. The molecule has 6 heteroatoms. The third-order valence-corrected chi connectivity index (χ3v) is 6.65. The van der Waals surface area contributed by atoms with Gasteiger partial charge >= 0.3 is 0 Å². The number of nitrogens with zero attached hydrogens (tertiary/aromatic N) is 2. The fourth-order valence-corrected chi connectivity index (χ4v) is 4.92. The van der Waals surface area contributed by atoms with Crippen LogP contribution in [0.15, 0.2) is 60.7 Å². The summed E-state index contributed by atoms with van der Waals surface area (Å²) < 4.78 is 17.6. The lowest BCUT2D eigenvalue weighted by molar-refractivity contribution is -0.117. The number of benzene rings is 3.